The fourth-order valence-corrected chi connectivity index (χ4v) is 2.34. The third kappa shape index (κ3) is 5.12. The third-order valence-corrected chi connectivity index (χ3v) is 3.86. The van der Waals surface area contributed by atoms with Gasteiger partial charge in [0.15, 0.2) is 5.82 Å². The van der Waals surface area contributed by atoms with E-state index in [0.29, 0.717) is 11.4 Å². The number of carbonyl (C=O) groups excluding carboxylic acids is 2. The predicted molar refractivity (Wildman–Crippen MR) is 109 cm³/mol. The van der Waals surface area contributed by atoms with Gasteiger partial charge in [-0.1, -0.05) is 20.8 Å². The molecule has 11 heteroatoms. The molecule has 2 rings (SSSR count). The van der Waals surface area contributed by atoms with Crippen molar-refractivity contribution < 1.29 is 13.8 Å². The molecule has 1 heterocycles. The molecule has 2 aromatic rings. The summed E-state index contributed by atoms with van der Waals surface area (Å²) in [6.45, 7) is 5.73. The normalized spacial score (nSPS) is 11.2. The fraction of sp³-hybridized carbons (Fsp3) is 0.222. The molecule has 1 aromatic carbocycles. The zero-order chi connectivity index (χ0) is 21.6. The molecule has 0 saturated carbocycles. The van der Waals surface area contributed by atoms with Crippen LogP contribution in [0.4, 0.5) is 16.3 Å². The lowest BCUT2D eigenvalue weighted by Gasteiger charge is -2.15. The predicted octanol–water partition coefficient (Wildman–Crippen LogP) is 3.15. The van der Waals surface area contributed by atoms with Gasteiger partial charge >= 0.3 is 6.09 Å². The van der Waals surface area contributed by atoms with Crippen molar-refractivity contribution in [2.24, 2.45) is 5.10 Å². The number of hydrogen-bond donors (Lipinski definition) is 4. The van der Waals surface area contributed by atoms with E-state index >= 15 is 0 Å². The van der Waals surface area contributed by atoms with Crippen molar-refractivity contribution in [3.8, 4) is 12.1 Å². The van der Waals surface area contributed by atoms with E-state index < -0.39 is 17.6 Å². The number of carbonyl (C=O) groups is 2. The summed E-state index contributed by atoms with van der Waals surface area (Å²) in [6, 6.07) is 9.49. The van der Waals surface area contributed by atoms with Crippen molar-refractivity contribution >= 4 is 42.0 Å². The topological polar surface area (TPSA) is 156 Å². The Balaban J connectivity index is 2.22. The van der Waals surface area contributed by atoms with Crippen LogP contribution in [0.5, 0.6) is 0 Å². The maximum absolute atomic E-state index is 12.5. The zero-order valence-electron chi connectivity index (χ0n) is 15.8. The largest absolute Gasteiger partial charge is 0.423 e. The van der Waals surface area contributed by atoms with E-state index in [1.165, 1.54) is 24.3 Å². The van der Waals surface area contributed by atoms with Crippen molar-refractivity contribution in [3.63, 3.8) is 0 Å². The molecule has 0 radical (unpaired) electrons. The van der Waals surface area contributed by atoms with E-state index in [1.54, 1.807) is 6.07 Å². The molecule has 0 bridgehead atoms. The number of aromatic nitrogens is 2. The number of hydrogen-bond acceptors (Lipinski definition) is 9. The van der Waals surface area contributed by atoms with Gasteiger partial charge in [-0.25, -0.2) is 4.79 Å². The molecular weight excluding hydrogens is 394 g/mol. The van der Waals surface area contributed by atoms with Gasteiger partial charge in [-0.2, -0.15) is 20.7 Å². The van der Waals surface area contributed by atoms with Crippen LogP contribution in [0.1, 0.15) is 42.4 Å². The van der Waals surface area contributed by atoms with Gasteiger partial charge in [0, 0.05) is 29.6 Å². The molecular formula is C18H17N7O3S. The number of anilines is 2. The second-order valence-electron chi connectivity index (χ2n) is 6.78. The zero-order valence-corrected chi connectivity index (χ0v) is 16.7. The molecule has 0 aliphatic carbocycles. The average Bonchev–Trinajstić information content (AvgIpc) is 3.12. The number of thiol groups is 1. The Morgan fingerprint density at radius 3 is 2.41 bits per heavy atom. The maximum Gasteiger partial charge on any atom is 0.423 e. The second kappa shape index (κ2) is 8.91. The number of H-pyrrole nitrogens is 1. The summed E-state index contributed by atoms with van der Waals surface area (Å²) in [5.74, 6) is -0.531. The van der Waals surface area contributed by atoms with E-state index in [2.05, 4.69) is 43.1 Å². The summed E-state index contributed by atoms with van der Waals surface area (Å²) in [5.41, 5.74) is 3.12. The number of ketones is 1. The third-order valence-electron chi connectivity index (χ3n) is 3.70. The Morgan fingerprint density at radius 1 is 1.24 bits per heavy atom. The highest BCUT2D eigenvalue weighted by atomic mass is 32.1. The quantitative estimate of drug-likeness (QED) is 0.193. The SMILES string of the molecule is CC(C)(C)c1[nH]nc(NN=C(C#N)C(=O)c2ccc(NC(=O)OS)cc2)c1C#N. The van der Waals surface area contributed by atoms with Crippen molar-refractivity contribution in [1.29, 1.82) is 10.5 Å². The van der Waals surface area contributed by atoms with Crippen molar-refractivity contribution in [2.45, 2.75) is 26.2 Å². The van der Waals surface area contributed by atoms with Crippen LogP contribution in [0.25, 0.3) is 0 Å². The number of nitrogens with zero attached hydrogens (tertiary/aromatic N) is 4. The van der Waals surface area contributed by atoms with Gasteiger partial charge in [-0.15, -0.1) is 0 Å². The number of nitriles is 2. The van der Waals surface area contributed by atoms with Crippen molar-refractivity contribution in [3.05, 3.63) is 41.1 Å². The Kier molecular flexibility index (Phi) is 6.59. The molecule has 1 aromatic heterocycles. The molecule has 0 atom stereocenters. The number of hydrazone groups is 1. The van der Waals surface area contributed by atoms with Gasteiger partial charge in [0.2, 0.25) is 11.5 Å². The molecule has 0 saturated heterocycles. The van der Waals surface area contributed by atoms with Gasteiger partial charge in [0.1, 0.15) is 17.7 Å². The van der Waals surface area contributed by atoms with Gasteiger partial charge in [0.05, 0.1) is 5.69 Å². The number of nitrogens with one attached hydrogen (secondary N) is 3. The summed E-state index contributed by atoms with van der Waals surface area (Å²) in [7, 11) is 0. The van der Waals surface area contributed by atoms with Gasteiger partial charge in [0.25, 0.3) is 0 Å². The van der Waals surface area contributed by atoms with Gasteiger partial charge in [-0.3, -0.25) is 20.6 Å². The number of rotatable bonds is 5. The first-order valence-corrected chi connectivity index (χ1v) is 8.57. The summed E-state index contributed by atoms with van der Waals surface area (Å²) in [4.78, 5) is 23.6. The molecule has 0 aliphatic rings. The lowest BCUT2D eigenvalue weighted by molar-refractivity contribution is 0.106. The van der Waals surface area contributed by atoms with Gasteiger partial charge < -0.3 is 4.18 Å². The standard InChI is InChI=1S/C18H17N7O3S/c1-18(2,3)15-12(8-19)16(25-23-15)24-22-13(9-20)14(26)10-4-6-11(7-5-10)21-17(27)28-29/h4-7,29H,1-3H3,(H,21,27)(H2,23,24,25). The summed E-state index contributed by atoms with van der Waals surface area (Å²) >= 11 is 3.37. The summed E-state index contributed by atoms with van der Waals surface area (Å²) in [5, 5.41) is 31.6. The molecule has 0 aliphatic heterocycles. The number of Topliss-reactive ketones (excluding diaryl/α,β-unsaturated/α-hetero) is 1. The molecule has 3 N–H and O–H groups in total. The van der Waals surface area contributed by atoms with Crippen molar-refractivity contribution in [1.82, 2.24) is 10.2 Å². The Hall–Kier alpha value is -3.83. The molecule has 1 amide bonds. The first-order valence-electron chi connectivity index (χ1n) is 8.21. The number of benzene rings is 1. The average molecular weight is 411 g/mol. The van der Waals surface area contributed by atoms with E-state index in [9.17, 15) is 20.1 Å². The molecule has 0 fully saturated rings. The van der Waals surface area contributed by atoms with E-state index in [-0.39, 0.29) is 22.4 Å². The van der Waals surface area contributed by atoms with Crippen LogP contribution in [0.15, 0.2) is 29.4 Å². The highest BCUT2D eigenvalue weighted by Crippen LogP contribution is 2.27. The van der Waals surface area contributed by atoms with Crippen LogP contribution in [-0.4, -0.2) is 27.8 Å². The molecule has 148 valence electrons. The highest BCUT2D eigenvalue weighted by molar-refractivity contribution is 7.75. The van der Waals surface area contributed by atoms with Crippen LogP contribution in [0.3, 0.4) is 0 Å². The van der Waals surface area contributed by atoms with E-state index in [1.807, 2.05) is 26.8 Å². The van der Waals surface area contributed by atoms with Crippen LogP contribution < -0.4 is 10.7 Å². The van der Waals surface area contributed by atoms with E-state index in [4.69, 9.17) is 0 Å². The second-order valence-corrected chi connectivity index (χ2v) is 6.96. The van der Waals surface area contributed by atoms with Crippen LogP contribution in [0.2, 0.25) is 0 Å². The van der Waals surface area contributed by atoms with Crippen LogP contribution in [0, 0.1) is 22.7 Å². The number of aromatic amines is 1. The number of amides is 1. The molecule has 10 nitrogen and oxygen atoms in total. The minimum Gasteiger partial charge on any atom is -0.378 e. The minimum atomic E-state index is -0.780. The minimum absolute atomic E-state index is 0.114. The van der Waals surface area contributed by atoms with Crippen LogP contribution in [-0.2, 0) is 9.60 Å². The van der Waals surface area contributed by atoms with Gasteiger partial charge in [-0.05, 0) is 24.3 Å². The molecule has 0 spiro atoms. The lowest BCUT2D eigenvalue weighted by atomic mass is 9.90. The first-order chi connectivity index (χ1) is 13.7. The van der Waals surface area contributed by atoms with Crippen molar-refractivity contribution in [2.75, 3.05) is 10.7 Å². The summed E-state index contributed by atoms with van der Waals surface area (Å²) < 4.78 is 4.18. The molecule has 29 heavy (non-hydrogen) atoms. The monoisotopic (exact) mass is 411 g/mol. The first kappa shape index (κ1) is 21.5. The smallest absolute Gasteiger partial charge is 0.378 e. The molecule has 0 unspecified atom stereocenters. The maximum atomic E-state index is 12.5. The van der Waals surface area contributed by atoms with E-state index in [0.717, 1.165) is 0 Å². The summed E-state index contributed by atoms with van der Waals surface area (Å²) in [6.07, 6.45) is -0.780. The van der Waals surface area contributed by atoms with Crippen LogP contribution >= 0.6 is 12.9 Å². The fourth-order valence-electron chi connectivity index (χ4n) is 2.29. The Morgan fingerprint density at radius 2 is 1.90 bits per heavy atom. The lowest BCUT2D eigenvalue weighted by Crippen LogP contribution is -2.15. The highest BCUT2D eigenvalue weighted by Gasteiger charge is 2.24. The Labute approximate surface area is 172 Å². The Bertz CT molecular complexity index is 1040.